The first-order valence-corrected chi connectivity index (χ1v) is 5.11. The molecule has 1 heterocycles. The molecule has 2 rings (SSSR count). The number of anilines is 1. The van der Waals surface area contributed by atoms with Gasteiger partial charge in [-0.1, -0.05) is 24.6 Å². The second-order valence-corrected chi connectivity index (χ2v) is 3.48. The van der Waals surface area contributed by atoms with Crippen LogP contribution in [0.3, 0.4) is 0 Å². The molecular formula is C12H13N5. The Hall–Kier alpha value is -2.45. The Morgan fingerprint density at radius 1 is 1.47 bits per heavy atom. The number of terminal acetylenes is 1. The highest BCUT2D eigenvalue weighted by molar-refractivity contribution is 5.97. The summed E-state index contributed by atoms with van der Waals surface area (Å²) in [7, 11) is 0. The number of aromatic nitrogens is 1. The van der Waals surface area contributed by atoms with E-state index in [2.05, 4.69) is 21.3 Å². The van der Waals surface area contributed by atoms with Crippen molar-refractivity contribution in [3.05, 3.63) is 29.8 Å². The maximum absolute atomic E-state index is 5.73. The molecule has 0 amide bonds. The second-order valence-electron chi connectivity index (χ2n) is 3.48. The standard InChI is InChI=1S/C12H13N5/c1-2-15-12(14)17-11-9(7-13)8-5-3-4-6-10(8)16-11/h1,3-6,16H,7,13H2,(H3,14,15,17). The number of aliphatic imine (C=N–C) groups is 1. The molecule has 0 unspecified atom stereocenters. The van der Waals surface area contributed by atoms with E-state index < -0.39 is 0 Å². The molecule has 1 aromatic carbocycles. The van der Waals surface area contributed by atoms with Crippen LogP contribution in [0.25, 0.3) is 10.9 Å². The van der Waals surface area contributed by atoms with Crippen LogP contribution in [0.1, 0.15) is 5.56 Å². The SMILES string of the molecule is C#CN=C(N)Nc1[nH]c2ccccc2c1CN. The molecule has 0 bridgehead atoms. The third-order valence-corrected chi connectivity index (χ3v) is 2.46. The number of hydrogen-bond acceptors (Lipinski definition) is 2. The lowest BCUT2D eigenvalue weighted by Gasteiger charge is -2.04. The zero-order valence-corrected chi connectivity index (χ0v) is 9.20. The Kier molecular flexibility index (Phi) is 2.99. The molecule has 2 aromatic rings. The Bertz CT molecular complexity index is 603. The van der Waals surface area contributed by atoms with Gasteiger partial charge in [-0.15, -0.1) is 0 Å². The Morgan fingerprint density at radius 3 is 2.94 bits per heavy atom. The molecule has 17 heavy (non-hydrogen) atoms. The first kappa shape index (κ1) is 11.0. The Balaban J connectivity index is 2.47. The van der Waals surface area contributed by atoms with Crippen molar-refractivity contribution in [2.45, 2.75) is 6.54 Å². The summed E-state index contributed by atoms with van der Waals surface area (Å²) in [6, 6.07) is 9.98. The van der Waals surface area contributed by atoms with E-state index in [1.165, 1.54) is 0 Å². The highest BCUT2D eigenvalue weighted by Crippen LogP contribution is 2.25. The third-order valence-electron chi connectivity index (χ3n) is 2.46. The van der Waals surface area contributed by atoms with Crippen LogP contribution in [0.4, 0.5) is 5.82 Å². The predicted molar refractivity (Wildman–Crippen MR) is 70.3 cm³/mol. The third kappa shape index (κ3) is 2.07. The van der Waals surface area contributed by atoms with Gasteiger partial charge in [-0.3, -0.25) is 0 Å². The fourth-order valence-electron chi connectivity index (χ4n) is 1.74. The summed E-state index contributed by atoms with van der Waals surface area (Å²) >= 11 is 0. The fraction of sp³-hybridized carbons (Fsp3) is 0.0833. The molecule has 0 radical (unpaired) electrons. The molecule has 0 fully saturated rings. The van der Waals surface area contributed by atoms with Crippen LogP contribution >= 0.6 is 0 Å². The van der Waals surface area contributed by atoms with Crippen molar-refractivity contribution in [1.29, 1.82) is 0 Å². The van der Waals surface area contributed by atoms with Crippen molar-refractivity contribution in [1.82, 2.24) is 4.98 Å². The largest absolute Gasteiger partial charge is 0.369 e. The first-order valence-electron chi connectivity index (χ1n) is 5.11. The zero-order valence-electron chi connectivity index (χ0n) is 9.20. The van der Waals surface area contributed by atoms with E-state index in [1.807, 2.05) is 24.3 Å². The highest BCUT2D eigenvalue weighted by Gasteiger charge is 2.09. The number of nitrogens with one attached hydrogen (secondary N) is 2. The molecule has 5 nitrogen and oxygen atoms in total. The zero-order chi connectivity index (χ0) is 12.3. The quantitative estimate of drug-likeness (QED) is 0.349. The van der Waals surface area contributed by atoms with Crippen molar-refractivity contribution in [3.8, 4) is 12.5 Å². The van der Waals surface area contributed by atoms with Gasteiger partial charge in [0.1, 0.15) is 5.82 Å². The summed E-state index contributed by atoms with van der Waals surface area (Å²) in [5.74, 6) is 0.888. The van der Waals surface area contributed by atoms with Gasteiger partial charge in [-0.05, 0) is 6.07 Å². The van der Waals surface area contributed by atoms with Gasteiger partial charge in [0.05, 0.1) is 0 Å². The predicted octanol–water partition coefficient (Wildman–Crippen LogP) is 0.944. The average Bonchev–Trinajstić information content (AvgIpc) is 2.66. The van der Waals surface area contributed by atoms with Crippen molar-refractivity contribution < 1.29 is 0 Å². The second kappa shape index (κ2) is 4.60. The van der Waals surface area contributed by atoms with Gasteiger partial charge in [-0.25, -0.2) is 0 Å². The van der Waals surface area contributed by atoms with Crippen LogP contribution in [-0.4, -0.2) is 10.9 Å². The summed E-state index contributed by atoms with van der Waals surface area (Å²) in [4.78, 5) is 6.80. The van der Waals surface area contributed by atoms with Crippen LogP contribution in [0.2, 0.25) is 0 Å². The fourth-order valence-corrected chi connectivity index (χ4v) is 1.74. The lowest BCUT2D eigenvalue weighted by Crippen LogP contribution is -2.23. The summed E-state index contributed by atoms with van der Waals surface area (Å²) < 4.78 is 0. The topological polar surface area (TPSA) is 92.2 Å². The maximum Gasteiger partial charge on any atom is 0.208 e. The van der Waals surface area contributed by atoms with Gasteiger partial charge < -0.3 is 21.8 Å². The average molecular weight is 227 g/mol. The number of nitrogens with zero attached hydrogens (tertiary/aromatic N) is 1. The maximum atomic E-state index is 5.73. The van der Waals surface area contributed by atoms with E-state index in [0.717, 1.165) is 22.3 Å². The number of guanidine groups is 1. The van der Waals surface area contributed by atoms with Crippen molar-refractivity contribution >= 4 is 22.7 Å². The van der Waals surface area contributed by atoms with E-state index in [4.69, 9.17) is 17.9 Å². The number of rotatable bonds is 2. The number of nitrogens with two attached hydrogens (primary N) is 2. The van der Waals surface area contributed by atoms with Crippen LogP contribution in [0.5, 0.6) is 0 Å². The van der Waals surface area contributed by atoms with E-state index in [1.54, 1.807) is 0 Å². The number of fused-ring (bicyclic) bond motifs is 1. The molecule has 0 saturated heterocycles. The molecule has 1 aromatic heterocycles. The summed E-state index contributed by atoms with van der Waals surface area (Å²) in [5, 5.41) is 3.96. The Labute approximate surface area is 98.9 Å². The number of aromatic amines is 1. The van der Waals surface area contributed by atoms with Crippen LogP contribution in [0.15, 0.2) is 29.3 Å². The monoisotopic (exact) mass is 227 g/mol. The highest BCUT2D eigenvalue weighted by atomic mass is 15.1. The van der Waals surface area contributed by atoms with Crippen molar-refractivity contribution in [3.63, 3.8) is 0 Å². The van der Waals surface area contributed by atoms with E-state index in [0.29, 0.717) is 6.54 Å². The molecule has 86 valence electrons. The van der Waals surface area contributed by atoms with Gasteiger partial charge in [0.15, 0.2) is 0 Å². The van der Waals surface area contributed by atoms with Gasteiger partial charge in [0.25, 0.3) is 0 Å². The van der Waals surface area contributed by atoms with Gasteiger partial charge in [0.2, 0.25) is 5.96 Å². The normalized spacial score (nSPS) is 11.4. The molecule has 0 spiro atoms. The van der Waals surface area contributed by atoms with Gasteiger partial charge in [0, 0.05) is 29.1 Å². The molecular weight excluding hydrogens is 214 g/mol. The van der Waals surface area contributed by atoms with Crippen molar-refractivity contribution in [2.24, 2.45) is 16.5 Å². The molecule has 0 aliphatic rings. The van der Waals surface area contributed by atoms with Crippen LogP contribution < -0.4 is 16.8 Å². The number of H-pyrrole nitrogens is 1. The van der Waals surface area contributed by atoms with E-state index in [-0.39, 0.29) is 5.96 Å². The molecule has 5 heteroatoms. The molecule has 0 saturated carbocycles. The number of benzene rings is 1. The van der Waals surface area contributed by atoms with Crippen LogP contribution in [0, 0.1) is 12.5 Å². The lowest BCUT2D eigenvalue weighted by molar-refractivity contribution is 1.09. The minimum Gasteiger partial charge on any atom is -0.369 e. The smallest absolute Gasteiger partial charge is 0.208 e. The van der Waals surface area contributed by atoms with E-state index >= 15 is 0 Å². The first-order chi connectivity index (χ1) is 8.26. The van der Waals surface area contributed by atoms with Crippen LogP contribution in [-0.2, 0) is 6.54 Å². The Morgan fingerprint density at radius 2 is 2.24 bits per heavy atom. The molecule has 0 aliphatic heterocycles. The number of hydrogen-bond donors (Lipinski definition) is 4. The van der Waals surface area contributed by atoms with Gasteiger partial charge >= 0.3 is 0 Å². The van der Waals surface area contributed by atoms with Gasteiger partial charge in [-0.2, -0.15) is 4.99 Å². The summed E-state index contributed by atoms with van der Waals surface area (Å²) in [6.45, 7) is 0.398. The summed E-state index contributed by atoms with van der Waals surface area (Å²) in [6.07, 6.45) is 5.04. The molecule has 6 N–H and O–H groups in total. The minimum atomic E-state index is 0.161. The van der Waals surface area contributed by atoms with Crippen molar-refractivity contribution in [2.75, 3.05) is 5.32 Å². The summed E-state index contributed by atoms with van der Waals surface area (Å²) in [5.41, 5.74) is 13.3. The molecule has 0 atom stereocenters. The molecule has 0 aliphatic carbocycles. The van der Waals surface area contributed by atoms with E-state index in [9.17, 15) is 0 Å². The number of para-hydroxylation sites is 1. The minimum absolute atomic E-state index is 0.161. The lowest BCUT2D eigenvalue weighted by atomic mass is 10.1.